The molecule has 3 nitrogen and oxygen atoms in total. The zero-order chi connectivity index (χ0) is 39.8. The number of fused-ring (bicyclic) bond motifs is 10. The van der Waals surface area contributed by atoms with Crippen molar-refractivity contribution in [1.82, 2.24) is 0 Å². The van der Waals surface area contributed by atoms with Crippen LogP contribution in [0.15, 0.2) is 174 Å². The summed E-state index contributed by atoms with van der Waals surface area (Å²) in [5.41, 5.74) is 21.4. The molecule has 0 bridgehead atoms. The lowest BCUT2D eigenvalue weighted by atomic mass is 9.42. The monoisotopic (exact) mass is 758 g/mol. The average Bonchev–Trinajstić information content (AvgIpc) is 3.65. The molecule has 282 valence electrons. The fourth-order valence-electron chi connectivity index (χ4n) is 10.5. The Kier molecular flexibility index (Phi) is 7.05. The van der Waals surface area contributed by atoms with Crippen molar-refractivity contribution in [2.24, 2.45) is 0 Å². The van der Waals surface area contributed by atoms with Crippen LogP contribution < -0.4 is 20.6 Å². The minimum absolute atomic E-state index is 0.0395. The van der Waals surface area contributed by atoms with E-state index in [4.69, 9.17) is 4.42 Å². The Balaban J connectivity index is 1.28. The van der Waals surface area contributed by atoms with Crippen LogP contribution in [-0.2, 0) is 10.8 Å². The minimum Gasteiger partial charge on any atom is -0.454 e. The summed E-state index contributed by atoms with van der Waals surface area (Å²) < 4.78 is 7.12. The van der Waals surface area contributed by atoms with Gasteiger partial charge in [0.25, 0.3) is 0 Å². The molecule has 0 N–H and O–H groups in total. The van der Waals surface area contributed by atoms with Crippen LogP contribution in [0.2, 0.25) is 0 Å². The summed E-state index contributed by atoms with van der Waals surface area (Å²) in [6.07, 6.45) is 0. The molecule has 0 saturated carbocycles. The smallest absolute Gasteiger partial charge is 0.333 e. The minimum atomic E-state index is -0.193. The predicted molar refractivity (Wildman–Crippen MR) is 249 cm³/mol. The summed E-state index contributed by atoms with van der Waals surface area (Å²) in [7, 11) is 0. The third-order valence-corrected chi connectivity index (χ3v) is 13.4. The maximum atomic E-state index is 7.12. The molecule has 1 aromatic heterocycles. The van der Waals surface area contributed by atoms with Crippen LogP contribution in [0, 0.1) is 0 Å². The summed E-state index contributed by atoms with van der Waals surface area (Å²) >= 11 is 0. The first-order chi connectivity index (χ1) is 28.7. The number of anilines is 5. The Morgan fingerprint density at radius 3 is 2.02 bits per heavy atom. The van der Waals surface area contributed by atoms with Crippen molar-refractivity contribution in [2.45, 2.75) is 45.4 Å². The van der Waals surface area contributed by atoms with Gasteiger partial charge in [0.05, 0.1) is 11.4 Å². The molecule has 3 aliphatic heterocycles. The molecule has 4 heterocycles. The van der Waals surface area contributed by atoms with E-state index in [1.807, 2.05) is 0 Å². The average molecular weight is 759 g/mol. The number of para-hydroxylation sites is 3. The number of rotatable bonds is 3. The first-order valence-corrected chi connectivity index (χ1v) is 20.9. The van der Waals surface area contributed by atoms with Crippen LogP contribution in [0.25, 0.3) is 55.3 Å². The summed E-state index contributed by atoms with van der Waals surface area (Å²) in [4.78, 5) is 5.23. The maximum Gasteiger partial charge on any atom is 0.333 e. The van der Waals surface area contributed by atoms with Gasteiger partial charge in [-0.15, -0.1) is 0 Å². The number of nitrogens with zero attached hydrogens (tertiary/aromatic N) is 2. The number of hydrogen-bond donors (Lipinski definition) is 0. The SMILES string of the molecule is CC(C)(C)c1ccc(N2c3cc(-c4ccccc4)cc4c3B(c3ccc5c(oc6ccccc65)c32)N2c3ccccc3C(C)(C)c3cccc-4c32)c(-c2ccccc2)c1. The lowest BCUT2D eigenvalue weighted by Crippen LogP contribution is -2.63. The first kappa shape index (κ1) is 34.3. The van der Waals surface area contributed by atoms with Crippen molar-refractivity contribution in [3.05, 3.63) is 187 Å². The van der Waals surface area contributed by atoms with Gasteiger partial charge < -0.3 is 14.1 Å². The maximum absolute atomic E-state index is 7.12. The zero-order valence-electron chi connectivity index (χ0n) is 34.0. The van der Waals surface area contributed by atoms with Gasteiger partial charge in [0, 0.05) is 44.4 Å². The summed E-state index contributed by atoms with van der Waals surface area (Å²) in [5, 5.41) is 2.25. The van der Waals surface area contributed by atoms with Gasteiger partial charge in [0.15, 0.2) is 5.58 Å². The lowest BCUT2D eigenvalue weighted by molar-refractivity contribution is 0.590. The molecule has 8 aromatic carbocycles. The van der Waals surface area contributed by atoms with Crippen molar-refractivity contribution in [3.63, 3.8) is 0 Å². The Labute approximate surface area is 346 Å². The number of hydrogen-bond acceptors (Lipinski definition) is 3. The van der Waals surface area contributed by atoms with Crippen LogP contribution >= 0.6 is 0 Å². The molecule has 0 radical (unpaired) electrons. The fourth-order valence-corrected chi connectivity index (χ4v) is 10.5. The van der Waals surface area contributed by atoms with E-state index in [2.05, 4.69) is 214 Å². The highest BCUT2D eigenvalue weighted by molar-refractivity contribution is 6.94. The van der Waals surface area contributed by atoms with Crippen LogP contribution in [0.4, 0.5) is 28.4 Å². The van der Waals surface area contributed by atoms with Gasteiger partial charge in [-0.3, -0.25) is 0 Å². The van der Waals surface area contributed by atoms with Gasteiger partial charge in [-0.25, -0.2) is 0 Å². The molecule has 4 heteroatoms. The summed E-state index contributed by atoms with van der Waals surface area (Å²) in [6, 6.07) is 63.1. The van der Waals surface area contributed by atoms with Crippen molar-refractivity contribution < 1.29 is 4.42 Å². The van der Waals surface area contributed by atoms with Crippen molar-refractivity contribution in [2.75, 3.05) is 9.71 Å². The Morgan fingerprint density at radius 2 is 1.22 bits per heavy atom. The Bertz CT molecular complexity index is 3190. The molecule has 9 aromatic rings. The highest BCUT2D eigenvalue weighted by atomic mass is 16.3. The van der Waals surface area contributed by atoms with E-state index in [0.29, 0.717) is 0 Å². The van der Waals surface area contributed by atoms with E-state index < -0.39 is 0 Å². The van der Waals surface area contributed by atoms with Gasteiger partial charge in [-0.05, 0) is 91.7 Å². The molecular formula is C55H43BN2O. The second-order valence-electron chi connectivity index (χ2n) is 18.1. The summed E-state index contributed by atoms with van der Waals surface area (Å²) in [5.74, 6) is 0. The van der Waals surface area contributed by atoms with Gasteiger partial charge in [-0.2, -0.15) is 0 Å². The van der Waals surface area contributed by atoms with Crippen LogP contribution in [0.1, 0.15) is 51.3 Å². The second kappa shape index (κ2) is 12.1. The molecular weight excluding hydrogens is 715 g/mol. The zero-order valence-corrected chi connectivity index (χ0v) is 34.0. The van der Waals surface area contributed by atoms with Crippen molar-refractivity contribution in [3.8, 4) is 33.4 Å². The third-order valence-electron chi connectivity index (χ3n) is 13.4. The molecule has 0 unspecified atom stereocenters. The van der Waals surface area contributed by atoms with E-state index in [9.17, 15) is 0 Å². The van der Waals surface area contributed by atoms with E-state index in [1.54, 1.807) is 0 Å². The Morgan fingerprint density at radius 1 is 0.508 bits per heavy atom. The number of benzene rings is 8. The van der Waals surface area contributed by atoms with E-state index in [0.717, 1.165) is 33.3 Å². The molecule has 0 spiro atoms. The van der Waals surface area contributed by atoms with Gasteiger partial charge >= 0.3 is 6.85 Å². The topological polar surface area (TPSA) is 19.6 Å². The van der Waals surface area contributed by atoms with Crippen LogP contribution in [0.3, 0.4) is 0 Å². The molecule has 59 heavy (non-hydrogen) atoms. The van der Waals surface area contributed by atoms with Gasteiger partial charge in [0.2, 0.25) is 0 Å². The van der Waals surface area contributed by atoms with Crippen molar-refractivity contribution >= 4 is 68.1 Å². The molecule has 3 aliphatic rings. The summed E-state index contributed by atoms with van der Waals surface area (Å²) in [6.45, 7) is 11.6. The fraction of sp³-hybridized carbons (Fsp3) is 0.127. The van der Waals surface area contributed by atoms with Gasteiger partial charge in [0.1, 0.15) is 5.58 Å². The largest absolute Gasteiger partial charge is 0.454 e. The molecule has 0 saturated heterocycles. The standard InChI is InChI=1S/C55H43BN2O/c1-54(2,3)37-27-30-46(41(33-37)35-19-10-7-11-20-35)57-48-32-36(34-17-8-6-9-18-34)31-42-39-22-16-24-44-51(39)58(47-25-14-13-23-43(47)55(44,4)5)56(50(42)48)45-29-28-40-38-21-12-15-26-49(38)59-53(40)52(45)57/h6-33H,1-5H3. The molecule has 0 aliphatic carbocycles. The van der Waals surface area contributed by atoms with E-state index in [1.165, 1.54) is 78.1 Å². The van der Waals surface area contributed by atoms with E-state index in [-0.39, 0.29) is 17.7 Å². The molecule has 0 amide bonds. The third kappa shape index (κ3) is 4.78. The normalized spacial score (nSPS) is 14.6. The predicted octanol–water partition coefficient (Wildman–Crippen LogP) is 13.6. The highest BCUT2D eigenvalue weighted by Crippen LogP contribution is 2.57. The van der Waals surface area contributed by atoms with Crippen LogP contribution in [0.5, 0.6) is 0 Å². The molecule has 0 atom stereocenters. The lowest BCUT2D eigenvalue weighted by Gasteiger charge is -2.51. The molecule has 12 rings (SSSR count). The highest BCUT2D eigenvalue weighted by Gasteiger charge is 2.51. The van der Waals surface area contributed by atoms with E-state index >= 15 is 0 Å². The quantitative estimate of drug-likeness (QED) is 0.167. The second-order valence-corrected chi connectivity index (χ2v) is 18.1. The Hall–Kier alpha value is -6.78. The first-order valence-electron chi connectivity index (χ1n) is 20.9. The van der Waals surface area contributed by atoms with Crippen LogP contribution in [-0.4, -0.2) is 6.85 Å². The van der Waals surface area contributed by atoms with Crippen molar-refractivity contribution in [1.29, 1.82) is 0 Å². The number of furan rings is 1. The van der Waals surface area contributed by atoms with Gasteiger partial charge in [-0.1, -0.05) is 168 Å². The molecule has 0 fully saturated rings.